The highest BCUT2D eigenvalue weighted by atomic mass is 16.5. The zero-order valence-corrected chi connectivity index (χ0v) is 11.4. The summed E-state index contributed by atoms with van der Waals surface area (Å²) in [4.78, 5) is 0. The van der Waals surface area contributed by atoms with Crippen LogP contribution in [0.2, 0.25) is 0 Å². The van der Waals surface area contributed by atoms with Crippen LogP contribution in [0.25, 0.3) is 0 Å². The second kappa shape index (κ2) is 10.1. The van der Waals surface area contributed by atoms with E-state index in [9.17, 15) is 5.11 Å². The number of ether oxygens (including phenoxy) is 1. The summed E-state index contributed by atoms with van der Waals surface area (Å²) < 4.78 is 4.98. The molecule has 0 bridgehead atoms. The molecule has 0 radical (unpaired) electrons. The molecule has 98 valence electrons. The average Bonchev–Trinajstić information content (AvgIpc) is 2.22. The maximum absolute atomic E-state index is 9.86. The molecule has 0 heterocycles. The first-order chi connectivity index (χ1) is 7.62. The largest absolute Gasteiger partial charge is 0.388 e. The number of methoxy groups -OCH3 is 1. The van der Waals surface area contributed by atoms with Crippen LogP contribution in [0.4, 0.5) is 0 Å². The van der Waals surface area contributed by atoms with Crippen LogP contribution in [-0.4, -0.2) is 24.4 Å². The lowest BCUT2D eigenvalue weighted by Gasteiger charge is -2.21. The summed E-state index contributed by atoms with van der Waals surface area (Å²) in [6.07, 6.45) is 11.3. The van der Waals surface area contributed by atoms with Crippen LogP contribution in [0.3, 0.4) is 0 Å². The Balaban J connectivity index is 3.20. The molecule has 0 spiro atoms. The second-order valence-electron chi connectivity index (χ2n) is 5.15. The Morgan fingerprint density at radius 1 is 0.938 bits per heavy atom. The van der Waals surface area contributed by atoms with Crippen LogP contribution < -0.4 is 0 Å². The van der Waals surface area contributed by atoms with Gasteiger partial charge in [-0.25, -0.2) is 0 Å². The number of aliphatic hydroxyl groups is 1. The Morgan fingerprint density at radius 3 is 1.94 bits per heavy atom. The summed E-state index contributed by atoms with van der Waals surface area (Å²) in [6.45, 7) is 4.55. The molecule has 0 saturated carbocycles. The Bertz CT molecular complexity index is 144. The molecule has 0 aliphatic carbocycles. The lowest BCUT2D eigenvalue weighted by molar-refractivity contribution is -0.0242. The van der Waals surface area contributed by atoms with Crippen LogP contribution in [0.15, 0.2) is 0 Å². The standard InChI is InChI=1S/C14H30O2/c1-4-5-6-7-8-9-10-11-12-14(2,15)13-16-3/h15H,4-13H2,1-3H3. The molecular formula is C14H30O2. The molecule has 0 aliphatic rings. The highest BCUT2D eigenvalue weighted by molar-refractivity contribution is 4.71. The summed E-state index contributed by atoms with van der Waals surface area (Å²) >= 11 is 0. The van der Waals surface area contributed by atoms with Crippen molar-refractivity contribution in [2.24, 2.45) is 0 Å². The first-order valence-electron chi connectivity index (χ1n) is 6.83. The van der Waals surface area contributed by atoms with Crippen LogP contribution in [-0.2, 0) is 4.74 Å². The van der Waals surface area contributed by atoms with Gasteiger partial charge in [-0.1, -0.05) is 58.3 Å². The SMILES string of the molecule is CCCCCCCCCCC(C)(O)COC. The first kappa shape index (κ1) is 15.9. The molecule has 2 nitrogen and oxygen atoms in total. The molecule has 1 unspecified atom stereocenters. The maximum atomic E-state index is 9.86. The maximum Gasteiger partial charge on any atom is 0.0852 e. The van der Waals surface area contributed by atoms with Crippen LogP contribution in [0.5, 0.6) is 0 Å². The normalized spacial score (nSPS) is 15.0. The van der Waals surface area contributed by atoms with Gasteiger partial charge in [0.05, 0.1) is 12.2 Å². The van der Waals surface area contributed by atoms with Gasteiger partial charge < -0.3 is 9.84 Å². The Hall–Kier alpha value is -0.0800. The lowest BCUT2D eigenvalue weighted by atomic mass is 9.98. The molecule has 0 aromatic heterocycles. The number of unbranched alkanes of at least 4 members (excludes halogenated alkanes) is 7. The molecule has 0 fully saturated rings. The van der Waals surface area contributed by atoms with Crippen molar-refractivity contribution < 1.29 is 9.84 Å². The van der Waals surface area contributed by atoms with Crippen molar-refractivity contribution in [3.8, 4) is 0 Å². The fourth-order valence-electron chi connectivity index (χ4n) is 2.02. The number of rotatable bonds is 11. The smallest absolute Gasteiger partial charge is 0.0852 e. The topological polar surface area (TPSA) is 29.5 Å². The van der Waals surface area contributed by atoms with Gasteiger partial charge in [-0.2, -0.15) is 0 Å². The summed E-state index contributed by atoms with van der Waals surface area (Å²) in [7, 11) is 1.64. The van der Waals surface area contributed by atoms with Crippen LogP contribution in [0, 0.1) is 0 Å². The van der Waals surface area contributed by atoms with Gasteiger partial charge in [-0.3, -0.25) is 0 Å². The van der Waals surface area contributed by atoms with Gasteiger partial charge in [-0.05, 0) is 13.3 Å². The van der Waals surface area contributed by atoms with Gasteiger partial charge >= 0.3 is 0 Å². The lowest BCUT2D eigenvalue weighted by Crippen LogP contribution is -2.29. The molecule has 2 heteroatoms. The van der Waals surface area contributed by atoms with Gasteiger partial charge in [0.15, 0.2) is 0 Å². The van der Waals surface area contributed by atoms with Crippen molar-refractivity contribution in [3.63, 3.8) is 0 Å². The van der Waals surface area contributed by atoms with Crippen molar-refractivity contribution in [3.05, 3.63) is 0 Å². The van der Waals surface area contributed by atoms with E-state index in [4.69, 9.17) is 4.74 Å². The fraction of sp³-hybridized carbons (Fsp3) is 1.00. The van der Waals surface area contributed by atoms with E-state index in [0.29, 0.717) is 6.61 Å². The van der Waals surface area contributed by atoms with E-state index < -0.39 is 5.60 Å². The van der Waals surface area contributed by atoms with E-state index in [0.717, 1.165) is 12.8 Å². The molecule has 0 saturated heterocycles. The third kappa shape index (κ3) is 10.4. The fourth-order valence-corrected chi connectivity index (χ4v) is 2.02. The van der Waals surface area contributed by atoms with E-state index in [1.165, 1.54) is 44.9 Å². The van der Waals surface area contributed by atoms with Crippen LogP contribution in [0.1, 0.15) is 71.6 Å². The molecule has 0 amide bonds. The molecule has 16 heavy (non-hydrogen) atoms. The van der Waals surface area contributed by atoms with Gasteiger partial charge in [-0.15, -0.1) is 0 Å². The van der Waals surface area contributed by atoms with E-state index in [1.54, 1.807) is 7.11 Å². The molecule has 1 atom stereocenters. The highest BCUT2D eigenvalue weighted by Crippen LogP contribution is 2.16. The van der Waals surface area contributed by atoms with E-state index in [1.807, 2.05) is 6.92 Å². The van der Waals surface area contributed by atoms with Gasteiger partial charge in [0, 0.05) is 7.11 Å². The van der Waals surface area contributed by atoms with Crippen molar-refractivity contribution in [1.29, 1.82) is 0 Å². The molecule has 0 aromatic rings. The number of hydrogen-bond donors (Lipinski definition) is 1. The van der Waals surface area contributed by atoms with Gasteiger partial charge in [0.25, 0.3) is 0 Å². The average molecular weight is 230 g/mol. The molecule has 0 aromatic carbocycles. The predicted molar refractivity (Wildman–Crippen MR) is 69.7 cm³/mol. The molecule has 1 N–H and O–H groups in total. The van der Waals surface area contributed by atoms with Crippen molar-refractivity contribution in [1.82, 2.24) is 0 Å². The molecule has 0 rings (SSSR count). The summed E-state index contributed by atoms with van der Waals surface area (Å²) in [5, 5.41) is 9.86. The zero-order valence-electron chi connectivity index (χ0n) is 11.4. The zero-order chi connectivity index (χ0) is 12.3. The third-order valence-corrected chi connectivity index (χ3v) is 3.02. The Labute approximate surface area is 101 Å². The first-order valence-corrected chi connectivity index (χ1v) is 6.83. The van der Waals surface area contributed by atoms with Crippen molar-refractivity contribution >= 4 is 0 Å². The van der Waals surface area contributed by atoms with Crippen molar-refractivity contribution in [2.75, 3.05) is 13.7 Å². The third-order valence-electron chi connectivity index (χ3n) is 3.02. The Morgan fingerprint density at radius 2 is 1.44 bits per heavy atom. The highest BCUT2D eigenvalue weighted by Gasteiger charge is 2.18. The van der Waals surface area contributed by atoms with E-state index >= 15 is 0 Å². The predicted octanol–water partition coefficient (Wildman–Crippen LogP) is 3.91. The quantitative estimate of drug-likeness (QED) is 0.545. The Kier molecular flexibility index (Phi) is 10.0. The summed E-state index contributed by atoms with van der Waals surface area (Å²) in [5.41, 5.74) is -0.628. The summed E-state index contributed by atoms with van der Waals surface area (Å²) in [6, 6.07) is 0. The minimum Gasteiger partial charge on any atom is -0.388 e. The molecule has 0 aliphatic heterocycles. The minimum atomic E-state index is -0.628. The van der Waals surface area contributed by atoms with E-state index in [2.05, 4.69) is 6.92 Å². The minimum absolute atomic E-state index is 0.448. The molecular weight excluding hydrogens is 200 g/mol. The van der Waals surface area contributed by atoms with Crippen molar-refractivity contribution in [2.45, 2.75) is 77.2 Å². The van der Waals surface area contributed by atoms with Crippen LogP contribution >= 0.6 is 0 Å². The van der Waals surface area contributed by atoms with Gasteiger partial charge in [0.1, 0.15) is 0 Å². The number of hydrogen-bond acceptors (Lipinski definition) is 2. The van der Waals surface area contributed by atoms with E-state index in [-0.39, 0.29) is 0 Å². The van der Waals surface area contributed by atoms with Gasteiger partial charge in [0.2, 0.25) is 0 Å². The second-order valence-corrected chi connectivity index (χ2v) is 5.15. The summed E-state index contributed by atoms with van der Waals surface area (Å²) in [5.74, 6) is 0. The monoisotopic (exact) mass is 230 g/mol.